The van der Waals surface area contributed by atoms with Gasteiger partial charge in [-0.1, -0.05) is 6.07 Å². The minimum Gasteiger partial charge on any atom is -0.351 e. The first-order valence-corrected chi connectivity index (χ1v) is 6.85. The molecule has 1 fully saturated rings. The van der Waals surface area contributed by atoms with Gasteiger partial charge in [0, 0.05) is 24.7 Å². The lowest BCUT2D eigenvalue weighted by Gasteiger charge is -2.23. The van der Waals surface area contributed by atoms with Crippen LogP contribution in [-0.4, -0.2) is 33.8 Å². The van der Waals surface area contributed by atoms with Crippen LogP contribution < -0.4 is 5.32 Å². The second kappa shape index (κ2) is 5.61. The van der Waals surface area contributed by atoms with E-state index in [2.05, 4.69) is 10.3 Å². The number of hydrogen-bond acceptors (Lipinski definition) is 3. The highest BCUT2D eigenvalue weighted by Crippen LogP contribution is 2.20. The molecule has 0 spiro atoms. The van der Waals surface area contributed by atoms with E-state index >= 15 is 0 Å². The largest absolute Gasteiger partial charge is 0.351 e. The number of carbonyl (C=O) groups excluding carboxylic acids is 2. The van der Waals surface area contributed by atoms with Crippen molar-refractivity contribution in [3.63, 3.8) is 0 Å². The minimum atomic E-state index is -0.269. The van der Waals surface area contributed by atoms with Crippen molar-refractivity contribution in [1.29, 1.82) is 0 Å². The fourth-order valence-corrected chi connectivity index (χ4v) is 2.26. The van der Waals surface area contributed by atoms with Gasteiger partial charge in [0.15, 0.2) is 0 Å². The number of hydrogen-bond donors (Lipinski definition) is 1. The van der Waals surface area contributed by atoms with E-state index in [0.29, 0.717) is 13.1 Å². The first-order chi connectivity index (χ1) is 9.35. The molecule has 5 nitrogen and oxygen atoms in total. The van der Waals surface area contributed by atoms with Gasteiger partial charge >= 0.3 is 0 Å². The van der Waals surface area contributed by atoms with E-state index in [9.17, 15) is 9.59 Å². The van der Waals surface area contributed by atoms with Crippen LogP contribution in [0.15, 0.2) is 24.4 Å². The molecule has 2 amide bonds. The molecule has 0 saturated carbocycles. The summed E-state index contributed by atoms with van der Waals surface area (Å²) in [7, 11) is 0. The van der Waals surface area contributed by atoms with Crippen molar-refractivity contribution < 1.29 is 9.59 Å². The lowest BCUT2D eigenvalue weighted by Crippen LogP contribution is -2.44. The van der Waals surface area contributed by atoms with Crippen LogP contribution in [-0.2, 0) is 16.1 Å². The lowest BCUT2D eigenvalue weighted by atomic mass is 10.0. The zero-order chi connectivity index (χ0) is 14.8. The standard InChI is InChI=1S/C15H21N3O2/c1-15(2,3)17-14(20)11-8-13(19)18(9-11)10-12-6-4-5-7-16-12/h4-7,11H,8-10H2,1-3H3,(H,17,20)/t11-/m0/s1. The summed E-state index contributed by atoms with van der Waals surface area (Å²) >= 11 is 0. The fourth-order valence-electron chi connectivity index (χ4n) is 2.26. The number of aromatic nitrogens is 1. The SMILES string of the molecule is CC(C)(C)NC(=O)[C@H]1CC(=O)N(Cc2ccccn2)C1. The molecule has 1 aromatic heterocycles. The highest BCUT2D eigenvalue weighted by atomic mass is 16.2. The third kappa shape index (κ3) is 3.79. The predicted molar refractivity (Wildman–Crippen MR) is 75.7 cm³/mol. The van der Waals surface area contributed by atoms with Gasteiger partial charge in [-0.2, -0.15) is 0 Å². The summed E-state index contributed by atoms with van der Waals surface area (Å²) in [6, 6.07) is 5.62. The molecule has 0 aromatic carbocycles. The average Bonchev–Trinajstić information content (AvgIpc) is 2.70. The monoisotopic (exact) mass is 275 g/mol. The summed E-state index contributed by atoms with van der Waals surface area (Å²) in [5, 5.41) is 2.93. The Morgan fingerprint density at radius 2 is 2.20 bits per heavy atom. The topological polar surface area (TPSA) is 62.3 Å². The van der Waals surface area contributed by atoms with Crippen molar-refractivity contribution in [3.05, 3.63) is 30.1 Å². The molecule has 1 atom stereocenters. The van der Waals surface area contributed by atoms with E-state index in [4.69, 9.17) is 0 Å². The number of likely N-dealkylation sites (tertiary alicyclic amines) is 1. The number of rotatable bonds is 3. The normalized spacial score (nSPS) is 19.2. The van der Waals surface area contributed by atoms with Gasteiger partial charge in [-0.25, -0.2) is 0 Å². The molecule has 1 aliphatic rings. The maximum Gasteiger partial charge on any atom is 0.225 e. The molecule has 20 heavy (non-hydrogen) atoms. The number of carbonyl (C=O) groups is 2. The second-order valence-corrected chi connectivity index (χ2v) is 6.24. The maximum absolute atomic E-state index is 12.1. The summed E-state index contributed by atoms with van der Waals surface area (Å²) in [6.45, 7) is 6.75. The van der Waals surface area contributed by atoms with Gasteiger partial charge in [0.2, 0.25) is 11.8 Å². The van der Waals surface area contributed by atoms with E-state index in [1.807, 2.05) is 39.0 Å². The van der Waals surface area contributed by atoms with Gasteiger partial charge in [0.25, 0.3) is 0 Å². The smallest absolute Gasteiger partial charge is 0.225 e. The summed E-state index contributed by atoms with van der Waals surface area (Å²) in [4.78, 5) is 30.0. The molecular weight excluding hydrogens is 254 g/mol. The predicted octanol–water partition coefficient (Wildman–Crippen LogP) is 1.34. The van der Waals surface area contributed by atoms with Gasteiger partial charge in [-0.05, 0) is 32.9 Å². The molecular formula is C15H21N3O2. The van der Waals surface area contributed by atoms with Gasteiger partial charge in [0.05, 0.1) is 18.2 Å². The van der Waals surface area contributed by atoms with Crippen molar-refractivity contribution in [3.8, 4) is 0 Å². The molecule has 0 radical (unpaired) electrons. The Morgan fingerprint density at radius 1 is 1.45 bits per heavy atom. The van der Waals surface area contributed by atoms with E-state index < -0.39 is 0 Å². The minimum absolute atomic E-state index is 0.0183. The lowest BCUT2D eigenvalue weighted by molar-refractivity contribution is -0.129. The molecule has 1 saturated heterocycles. The number of pyridine rings is 1. The van der Waals surface area contributed by atoms with Crippen molar-refractivity contribution in [2.75, 3.05) is 6.54 Å². The van der Waals surface area contributed by atoms with E-state index in [1.54, 1.807) is 11.1 Å². The fraction of sp³-hybridized carbons (Fsp3) is 0.533. The summed E-state index contributed by atoms with van der Waals surface area (Å²) in [6.07, 6.45) is 1.99. The molecule has 1 aromatic rings. The molecule has 5 heteroatoms. The van der Waals surface area contributed by atoms with Gasteiger partial charge in [-0.3, -0.25) is 14.6 Å². The molecule has 1 aliphatic heterocycles. The molecule has 1 N–H and O–H groups in total. The summed E-state index contributed by atoms with van der Waals surface area (Å²) < 4.78 is 0. The van der Waals surface area contributed by atoms with Crippen molar-refractivity contribution >= 4 is 11.8 Å². The van der Waals surface area contributed by atoms with Crippen molar-refractivity contribution in [2.45, 2.75) is 39.3 Å². The average molecular weight is 275 g/mol. The Balaban J connectivity index is 1.95. The Morgan fingerprint density at radius 3 is 2.80 bits per heavy atom. The van der Waals surface area contributed by atoms with Gasteiger partial charge in [0.1, 0.15) is 0 Å². The van der Waals surface area contributed by atoms with Gasteiger partial charge in [-0.15, -0.1) is 0 Å². The highest BCUT2D eigenvalue weighted by molar-refractivity contribution is 5.89. The Kier molecular flexibility index (Phi) is 4.06. The first-order valence-electron chi connectivity index (χ1n) is 6.85. The van der Waals surface area contributed by atoms with Crippen molar-refractivity contribution in [2.24, 2.45) is 5.92 Å². The Hall–Kier alpha value is -1.91. The van der Waals surface area contributed by atoms with Crippen LogP contribution in [0.4, 0.5) is 0 Å². The second-order valence-electron chi connectivity index (χ2n) is 6.24. The summed E-state index contributed by atoms with van der Waals surface area (Å²) in [5.41, 5.74) is 0.576. The Bertz CT molecular complexity index is 494. The van der Waals surface area contributed by atoms with E-state index in [0.717, 1.165) is 5.69 Å². The van der Waals surface area contributed by atoms with E-state index in [-0.39, 0.29) is 29.7 Å². The van der Waals surface area contributed by atoms with Crippen molar-refractivity contribution in [1.82, 2.24) is 15.2 Å². The van der Waals surface area contributed by atoms with Crippen LogP contribution in [0.2, 0.25) is 0 Å². The molecule has 0 unspecified atom stereocenters. The number of nitrogens with zero attached hydrogens (tertiary/aromatic N) is 2. The van der Waals surface area contributed by atoms with E-state index in [1.165, 1.54) is 0 Å². The zero-order valence-corrected chi connectivity index (χ0v) is 12.2. The van der Waals surface area contributed by atoms with Crippen LogP contribution in [0.1, 0.15) is 32.9 Å². The first kappa shape index (κ1) is 14.5. The van der Waals surface area contributed by atoms with Crippen LogP contribution in [0.25, 0.3) is 0 Å². The third-order valence-electron chi connectivity index (χ3n) is 3.16. The number of amides is 2. The molecule has 0 bridgehead atoms. The Labute approximate surface area is 119 Å². The van der Waals surface area contributed by atoms with Crippen LogP contribution >= 0.6 is 0 Å². The highest BCUT2D eigenvalue weighted by Gasteiger charge is 2.35. The third-order valence-corrected chi connectivity index (χ3v) is 3.16. The molecule has 2 rings (SSSR count). The molecule has 0 aliphatic carbocycles. The zero-order valence-electron chi connectivity index (χ0n) is 12.2. The summed E-state index contributed by atoms with van der Waals surface area (Å²) in [5.74, 6) is -0.287. The van der Waals surface area contributed by atoms with Crippen LogP contribution in [0, 0.1) is 5.92 Å². The number of nitrogens with one attached hydrogen (secondary N) is 1. The molecule has 108 valence electrons. The van der Waals surface area contributed by atoms with Crippen LogP contribution in [0.5, 0.6) is 0 Å². The maximum atomic E-state index is 12.1. The quantitative estimate of drug-likeness (QED) is 0.905. The van der Waals surface area contributed by atoms with Gasteiger partial charge < -0.3 is 10.2 Å². The molecule has 2 heterocycles. The van der Waals surface area contributed by atoms with Crippen LogP contribution in [0.3, 0.4) is 0 Å².